The molecule has 0 spiro atoms. The maximum Gasteiger partial charge on any atom is 0.0780 e. The van der Waals surface area contributed by atoms with E-state index >= 15 is 0 Å². The number of benzene rings is 4. The largest absolute Gasteiger partial charge is 0.256 e. The van der Waals surface area contributed by atoms with Crippen LogP contribution >= 0.6 is 0 Å². The second kappa shape index (κ2) is 7.81. The number of aromatic nitrogens is 1. The summed E-state index contributed by atoms with van der Waals surface area (Å²) in [6, 6.07) is 24.7. The third-order valence-electron chi connectivity index (χ3n) is 6.86. The predicted molar refractivity (Wildman–Crippen MR) is 135 cm³/mol. The molecule has 154 valence electrons. The Hall–Kier alpha value is -3.19. The molecule has 1 aromatic heterocycles. The van der Waals surface area contributed by atoms with E-state index in [0.717, 1.165) is 5.69 Å². The van der Waals surface area contributed by atoms with Crippen LogP contribution in [0.15, 0.2) is 72.9 Å². The van der Waals surface area contributed by atoms with Crippen molar-refractivity contribution in [3.05, 3.63) is 89.6 Å². The molecule has 1 nitrogen and oxygen atoms in total. The van der Waals surface area contributed by atoms with E-state index in [0.29, 0.717) is 5.92 Å². The monoisotopic (exact) mass is 403 g/mol. The van der Waals surface area contributed by atoms with Gasteiger partial charge >= 0.3 is 0 Å². The van der Waals surface area contributed by atoms with Gasteiger partial charge in [0.15, 0.2) is 0 Å². The molecule has 0 atom stereocenters. The second-order valence-corrected chi connectivity index (χ2v) is 8.79. The molecule has 4 aromatic carbocycles. The Kier molecular flexibility index (Phi) is 4.98. The van der Waals surface area contributed by atoms with Crippen LogP contribution in [0, 0.1) is 13.8 Å². The molecule has 5 aromatic rings. The Bertz CT molecular complexity index is 1420. The maximum atomic E-state index is 4.82. The van der Waals surface area contributed by atoms with Gasteiger partial charge in [-0.3, -0.25) is 4.98 Å². The van der Waals surface area contributed by atoms with E-state index in [1.165, 1.54) is 67.4 Å². The highest BCUT2D eigenvalue weighted by atomic mass is 14.7. The zero-order valence-corrected chi connectivity index (χ0v) is 18.9. The summed E-state index contributed by atoms with van der Waals surface area (Å²) in [7, 11) is 0. The minimum Gasteiger partial charge on any atom is -0.256 e. The van der Waals surface area contributed by atoms with E-state index in [-0.39, 0.29) is 0 Å². The smallest absolute Gasteiger partial charge is 0.0780 e. The minimum atomic E-state index is 0.611. The number of aryl methyl sites for hydroxylation is 2. The van der Waals surface area contributed by atoms with E-state index in [1.54, 1.807) is 0 Å². The highest BCUT2D eigenvalue weighted by Crippen LogP contribution is 2.37. The molecule has 31 heavy (non-hydrogen) atoms. The topological polar surface area (TPSA) is 12.9 Å². The Balaban J connectivity index is 1.72. The van der Waals surface area contributed by atoms with Gasteiger partial charge in [-0.1, -0.05) is 74.0 Å². The zero-order valence-electron chi connectivity index (χ0n) is 18.9. The van der Waals surface area contributed by atoms with Crippen molar-refractivity contribution in [2.75, 3.05) is 0 Å². The first-order chi connectivity index (χ1) is 15.1. The molecule has 0 amide bonds. The average molecular weight is 404 g/mol. The lowest BCUT2D eigenvalue weighted by atomic mass is 9.86. The number of fused-ring (bicyclic) bond motifs is 4. The number of nitrogens with zero attached hydrogens (tertiary/aromatic N) is 1. The Morgan fingerprint density at radius 2 is 1.39 bits per heavy atom. The molecule has 0 saturated carbocycles. The van der Waals surface area contributed by atoms with Gasteiger partial charge in [0.2, 0.25) is 0 Å². The predicted octanol–water partition coefficient (Wildman–Crippen LogP) is 8.73. The number of hydrogen-bond donors (Lipinski definition) is 0. The van der Waals surface area contributed by atoms with Crippen molar-refractivity contribution < 1.29 is 0 Å². The van der Waals surface area contributed by atoms with Gasteiger partial charge in [0, 0.05) is 17.1 Å². The zero-order chi connectivity index (χ0) is 21.5. The molecule has 0 bridgehead atoms. The fourth-order valence-electron chi connectivity index (χ4n) is 5.19. The number of pyridine rings is 1. The van der Waals surface area contributed by atoms with E-state index in [4.69, 9.17) is 4.98 Å². The van der Waals surface area contributed by atoms with Crippen LogP contribution < -0.4 is 0 Å². The maximum absolute atomic E-state index is 4.82. The summed E-state index contributed by atoms with van der Waals surface area (Å²) in [4.78, 5) is 4.82. The van der Waals surface area contributed by atoms with E-state index in [9.17, 15) is 0 Å². The number of rotatable bonds is 4. The Labute approximate surface area is 184 Å². The highest BCUT2D eigenvalue weighted by Gasteiger charge is 2.15. The van der Waals surface area contributed by atoms with Crippen molar-refractivity contribution in [2.24, 2.45) is 0 Å². The molecule has 0 aliphatic carbocycles. The van der Waals surface area contributed by atoms with Gasteiger partial charge in [0.05, 0.1) is 5.69 Å². The van der Waals surface area contributed by atoms with Crippen molar-refractivity contribution in [2.45, 2.75) is 46.5 Å². The van der Waals surface area contributed by atoms with Crippen molar-refractivity contribution >= 4 is 32.3 Å². The van der Waals surface area contributed by atoms with E-state index < -0.39 is 0 Å². The van der Waals surface area contributed by atoms with Crippen molar-refractivity contribution in [1.82, 2.24) is 4.98 Å². The van der Waals surface area contributed by atoms with Gasteiger partial charge in [-0.25, -0.2) is 0 Å². The third kappa shape index (κ3) is 3.29. The standard InChI is InChI=1S/C30H29N/c1-5-21(6-2)29-20(4)8-9-23-18-24(11-13-26(23)29)30-28-14-10-22-17-19(3)7-12-25(22)27(28)15-16-31-30/h7-18,21H,5-6H2,1-4H3. The summed E-state index contributed by atoms with van der Waals surface area (Å²) < 4.78 is 0. The molecule has 0 aliphatic heterocycles. The lowest BCUT2D eigenvalue weighted by Gasteiger charge is -2.19. The summed E-state index contributed by atoms with van der Waals surface area (Å²) in [5.41, 5.74) is 6.45. The van der Waals surface area contributed by atoms with Gasteiger partial charge in [-0.05, 0) is 82.8 Å². The quantitative estimate of drug-likeness (QED) is 0.273. The first-order valence-electron chi connectivity index (χ1n) is 11.4. The Morgan fingerprint density at radius 1 is 0.677 bits per heavy atom. The van der Waals surface area contributed by atoms with E-state index in [2.05, 4.69) is 94.4 Å². The summed E-state index contributed by atoms with van der Waals surface area (Å²) in [5, 5.41) is 7.75. The van der Waals surface area contributed by atoms with Crippen LogP contribution in [0.25, 0.3) is 43.6 Å². The lowest BCUT2D eigenvalue weighted by molar-refractivity contribution is 0.643. The van der Waals surface area contributed by atoms with Crippen molar-refractivity contribution in [3.8, 4) is 11.3 Å². The molecule has 0 unspecified atom stereocenters. The third-order valence-corrected chi connectivity index (χ3v) is 6.86. The van der Waals surface area contributed by atoms with Gasteiger partial charge < -0.3 is 0 Å². The van der Waals surface area contributed by atoms with Gasteiger partial charge in [-0.2, -0.15) is 0 Å². The lowest BCUT2D eigenvalue weighted by Crippen LogP contribution is -2.00. The molecule has 0 N–H and O–H groups in total. The molecule has 0 fully saturated rings. The van der Waals surface area contributed by atoms with Crippen LogP contribution in [-0.2, 0) is 0 Å². The summed E-state index contributed by atoms with van der Waals surface area (Å²) >= 11 is 0. The molecule has 1 heteroatoms. The van der Waals surface area contributed by atoms with Crippen molar-refractivity contribution in [1.29, 1.82) is 0 Å². The van der Waals surface area contributed by atoms with Crippen LogP contribution in [0.3, 0.4) is 0 Å². The van der Waals surface area contributed by atoms with Crippen LogP contribution in [-0.4, -0.2) is 4.98 Å². The van der Waals surface area contributed by atoms with Gasteiger partial charge in [-0.15, -0.1) is 0 Å². The molecule has 5 rings (SSSR count). The SMILES string of the molecule is CCC(CC)c1c(C)ccc2cc(-c3nccc4c3ccc3cc(C)ccc34)ccc12. The second-order valence-electron chi connectivity index (χ2n) is 8.79. The average Bonchev–Trinajstić information content (AvgIpc) is 2.80. The van der Waals surface area contributed by atoms with Crippen LogP contribution in [0.1, 0.15) is 49.3 Å². The molecular weight excluding hydrogens is 374 g/mol. The summed E-state index contributed by atoms with van der Waals surface area (Å²) in [6.45, 7) is 8.99. The molecule has 0 radical (unpaired) electrons. The van der Waals surface area contributed by atoms with E-state index in [1.807, 2.05) is 6.20 Å². The van der Waals surface area contributed by atoms with Crippen LogP contribution in [0.5, 0.6) is 0 Å². The summed E-state index contributed by atoms with van der Waals surface area (Å²) in [6.07, 6.45) is 4.30. The van der Waals surface area contributed by atoms with Gasteiger partial charge in [0.25, 0.3) is 0 Å². The van der Waals surface area contributed by atoms with Crippen LogP contribution in [0.2, 0.25) is 0 Å². The molecule has 0 saturated heterocycles. The fourth-order valence-corrected chi connectivity index (χ4v) is 5.19. The number of hydrogen-bond acceptors (Lipinski definition) is 1. The van der Waals surface area contributed by atoms with Gasteiger partial charge in [0.1, 0.15) is 0 Å². The minimum absolute atomic E-state index is 0.611. The molecule has 1 heterocycles. The van der Waals surface area contributed by atoms with Crippen molar-refractivity contribution in [3.63, 3.8) is 0 Å². The first-order valence-corrected chi connectivity index (χ1v) is 11.4. The molecular formula is C30H29N. The highest BCUT2D eigenvalue weighted by molar-refractivity contribution is 6.11. The fraction of sp³-hybridized carbons (Fsp3) is 0.233. The normalized spacial score (nSPS) is 11.8. The summed E-state index contributed by atoms with van der Waals surface area (Å²) in [5.74, 6) is 0.611. The molecule has 0 aliphatic rings. The Morgan fingerprint density at radius 3 is 2.19 bits per heavy atom. The first kappa shape index (κ1) is 19.8. The van der Waals surface area contributed by atoms with Crippen LogP contribution in [0.4, 0.5) is 0 Å².